The lowest BCUT2D eigenvalue weighted by molar-refractivity contribution is 0.0598. The second-order valence-electron chi connectivity index (χ2n) is 3.99. The number of fused-ring (bicyclic) bond motifs is 1. The van der Waals surface area contributed by atoms with Crippen LogP contribution in [0.3, 0.4) is 0 Å². The summed E-state index contributed by atoms with van der Waals surface area (Å²) in [6.07, 6.45) is 1.47. The van der Waals surface area contributed by atoms with Gasteiger partial charge in [0.2, 0.25) is 0 Å². The van der Waals surface area contributed by atoms with Crippen molar-refractivity contribution in [3.8, 4) is 0 Å². The second kappa shape index (κ2) is 5.42. The lowest BCUT2D eigenvalue weighted by atomic mass is 10.3. The van der Waals surface area contributed by atoms with Crippen LogP contribution in [0.1, 0.15) is 16.1 Å². The van der Waals surface area contributed by atoms with Crippen LogP contribution in [0.5, 0.6) is 0 Å². The van der Waals surface area contributed by atoms with Crippen LogP contribution in [-0.2, 0) is 10.5 Å². The molecule has 3 aromatic rings. The van der Waals surface area contributed by atoms with Gasteiger partial charge in [-0.1, -0.05) is 23.9 Å². The van der Waals surface area contributed by atoms with Crippen molar-refractivity contribution in [3.63, 3.8) is 0 Å². The molecule has 0 radical (unpaired) electrons. The number of carbonyl (C=O) groups excluding carboxylic acids is 1. The van der Waals surface area contributed by atoms with Crippen LogP contribution in [0.15, 0.2) is 50.7 Å². The molecule has 6 heteroatoms. The number of para-hydroxylation sites is 2. The number of hydrogen-bond donors (Lipinski definition) is 0. The molecule has 0 N–H and O–H groups in total. The summed E-state index contributed by atoms with van der Waals surface area (Å²) in [5.74, 6) is 0.584. The molecule has 0 bridgehead atoms. The number of oxazole rings is 1. The molecule has 102 valence electrons. The Kier molecular flexibility index (Phi) is 3.47. The van der Waals surface area contributed by atoms with Gasteiger partial charge in [-0.15, -0.1) is 0 Å². The molecule has 5 nitrogen and oxygen atoms in total. The number of methoxy groups -OCH3 is 1. The zero-order valence-electron chi connectivity index (χ0n) is 10.7. The summed E-state index contributed by atoms with van der Waals surface area (Å²) < 4.78 is 15.6. The molecular weight excluding hydrogens is 278 g/mol. The largest absolute Gasteiger partial charge is 0.468 e. The van der Waals surface area contributed by atoms with Crippen molar-refractivity contribution in [2.75, 3.05) is 7.11 Å². The van der Waals surface area contributed by atoms with E-state index in [1.807, 2.05) is 24.3 Å². The van der Waals surface area contributed by atoms with E-state index in [1.54, 1.807) is 6.07 Å². The Hall–Kier alpha value is -2.21. The maximum Gasteiger partial charge on any atom is 0.341 e. The first-order chi connectivity index (χ1) is 9.78. The fraction of sp³-hybridized carbons (Fsp3) is 0.143. The van der Waals surface area contributed by atoms with Crippen molar-refractivity contribution in [2.24, 2.45) is 0 Å². The molecule has 0 aliphatic carbocycles. The Morgan fingerprint density at radius 1 is 1.35 bits per heavy atom. The van der Waals surface area contributed by atoms with Crippen LogP contribution in [0.2, 0.25) is 0 Å². The first-order valence-corrected chi connectivity index (χ1v) is 6.89. The molecule has 0 fully saturated rings. The molecule has 0 aliphatic heterocycles. The Bertz CT molecular complexity index is 713. The van der Waals surface area contributed by atoms with Crippen LogP contribution in [0.25, 0.3) is 11.1 Å². The van der Waals surface area contributed by atoms with E-state index in [-0.39, 0.29) is 0 Å². The van der Waals surface area contributed by atoms with Crippen molar-refractivity contribution in [1.29, 1.82) is 0 Å². The number of ether oxygens (including phenoxy) is 1. The average Bonchev–Trinajstić information content (AvgIpc) is 3.10. The quantitative estimate of drug-likeness (QED) is 0.541. The summed E-state index contributed by atoms with van der Waals surface area (Å²) in [6, 6.07) is 9.13. The number of benzene rings is 1. The summed E-state index contributed by atoms with van der Waals surface area (Å²) in [4.78, 5) is 15.9. The number of thioether (sulfide) groups is 1. The maximum atomic E-state index is 11.5. The van der Waals surface area contributed by atoms with Gasteiger partial charge >= 0.3 is 5.97 Å². The minimum atomic E-state index is -0.410. The van der Waals surface area contributed by atoms with E-state index in [2.05, 4.69) is 9.72 Å². The van der Waals surface area contributed by atoms with E-state index >= 15 is 0 Å². The van der Waals surface area contributed by atoms with E-state index in [4.69, 9.17) is 8.83 Å². The Labute approximate surface area is 118 Å². The first-order valence-electron chi connectivity index (χ1n) is 5.91. The number of carbonyl (C=O) groups is 1. The van der Waals surface area contributed by atoms with Gasteiger partial charge in [-0.05, 0) is 18.2 Å². The summed E-state index contributed by atoms with van der Waals surface area (Å²) in [6.45, 7) is 0. The third-order valence-electron chi connectivity index (χ3n) is 2.75. The molecule has 0 saturated heterocycles. The van der Waals surface area contributed by atoms with Crippen molar-refractivity contribution in [1.82, 2.24) is 4.98 Å². The van der Waals surface area contributed by atoms with E-state index in [0.717, 1.165) is 11.1 Å². The zero-order chi connectivity index (χ0) is 13.9. The van der Waals surface area contributed by atoms with Gasteiger partial charge in [0.25, 0.3) is 5.22 Å². The van der Waals surface area contributed by atoms with E-state index in [9.17, 15) is 4.79 Å². The summed E-state index contributed by atoms with van der Waals surface area (Å²) in [5.41, 5.74) is 1.97. The number of furan rings is 1. The van der Waals surface area contributed by atoms with Gasteiger partial charge < -0.3 is 13.6 Å². The summed E-state index contributed by atoms with van der Waals surface area (Å²) in [5, 5.41) is 0.540. The Morgan fingerprint density at radius 3 is 3.00 bits per heavy atom. The van der Waals surface area contributed by atoms with Gasteiger partial charge in [0, 0.05) is 0 Å². The SMILES string of the molecule is COC(=O)c1ccoc1CSc1nc2ccccc2o1. The second-order valence-corrected chi connectivity index (χ2v) is 4.91. The third-order valence-corrected chi connectivity index (χ3v) is 3.58. The molecule has 0 atom stereocenters. The molecule has 2 aromatic heterocycles. The monoisotopic (exact) mass is 289 g/mol. The van der Waals surface area contributed by atoms with E-state index in [0.29, 0.717) is 22.3 Å². The van der Waals surface area contributed by atoms with Crippen molar-refractivity contribution in [3.05, 3.63) is 47.9 Å². The first kappa shape index (κ1) is 12.8. The molecule has 0 aliphatic rings. The predicted molar refractivity (Wildman–Crippen MR) is 73.6 cm³/mol. The molecule has 0 unspecified atom stereocenters. The van der Waals surface area contributed by atoms with Gasteiger partial charge in [0.1, 0.15) is 16.8 Å². The normalized spacial score (nSPS) is 10.8. The molecule has 1 aromatic carbocycles. The van der Waals surface area contributed by atoms with Crippen LogP contribution < -0.4 is 0 Å². The third kappa shape index (κ3) is 2.42. The lowest BCUT2D eigenvalue weighted by Gasteiger charge is -1.98. The van der Waals surface area contributed by atoms with Gasteiger partial charge in [-0.2, -0.15) is 0 Å². The summed E-state index contributed by atoms with van der Waals surface area (Å²) >= 11 is 1.37. The van der Waals surface area contributed by atoms with Crippen LogP contribution in [-0.4, -0.2) is 18.1 Å². The van der Waals surface area contributed by atoms with Gasteiger partial charge in [-0.25, -0.2) is 9.78 Å². The molecule has 0 spiro atoms. The maximum absolute atomic E-state index is 11.5. The lowest BCUT2D eigenvalue weighted by Crippen LogP contribution is -2.02. The zero-order valence-corrected chi connectivity index (χ0v) is 11.5. The number of hydrogen-bond acceptors (Lipinski definition) is 6. The predicted octanol–water partition coefficient (Wildman–Crippen LogP) is 3.50. The molecule has 3 rings (SSSR count). The van der Waals surface area contributed by atoms with Crippen LogP contribution >= 0.6 is 11.8 Å². The van der Waals surface area contributed by atoms with Crippen LogP contribution in [0.4, 0.5) is 0 Å². The summed E-state index contributed by atoms with van der Waals surface area (Å²) in [7, 11) is 1.34. The van der Waals surface area contributed by atoms with Crippen molar-refractivity contribution < 1.29 is 18.4 Å². The highest BCUT2D eigenvalue weighted by Gasteiger charge is 2.16. The number of rotatable bonds is 4. The highest BCUT2D eigenvalue weighted by Crippen LogP contribution is 2.27. The Morgan fingerprint density at radius 2 is 2.20 bits per heavy atom. The fourth-order valence-electron chi connectivity index (χ4n) is 1.78. The molecule has 0 amide bonds. The van der Waals surface area contributed by atoms with Gasteiger partial charge in [0.15, 0.2) is 5.58 Å². The molecule has 20 heavy (non-hydrogen) atoms. The highest BCUT2D eigenvalue weighted by atomic mass is 32.2. The average molecular weight is 289 g/mol. The number of nitrogens with zero attached hydrogens (tertiary/aromatic N) is 1. The van der Waals surface area contributed by atoms with Crippen LogP contribution in [0, 0.1) is 0 Å². The fourth-order valence-corrected chi connectivity index (χ4v) is 2.57. The molecular formula is C14H11NO4S. The molecule has 0 saturated carbocycles. The highest BCUT2D eigenvalue weighted by molar-refractivity contribution is 7.98. The number of esters is 1. The van der Waals surface area contributed by atoms with Gasteiger partial charge in [0.05, 0.1) is 19.1 Å². The minimum absolute atomic E-state index is 0.410. The minimum Gasteiger partial charge on any atom is -0.468 e. The smallest absolute Gasteiger partial charge is 0.341 e. The molecule has 2 heterocycles. The van der Waals surface area contributed by atoms with Gasteiger partial charge in [-0.3, -0.25) is 0 Å². The van der Waals surface area contributed by atoms with Crippen molar-refractivity contribution in [2.45, 2.75) is 11.0 Å². The topological polar surface area (TPSA) is 65.5 Å². The standard InChI is InChI=1S/C14H11NO4S/c1-17-13(16)9-6-7-18-12(9)8-20-14-15-10-4-2-3-5-11(10)19-14/h2-7H,8H2,1H3. The van der Waals surface area contributed by atoms with E-state index < -0.39 is 5.97 Å². The Balaban J connectivity index is 1.76. The number of aromatic nitrogens is 1. The van der Waals surface area contributed by atoms with E-state index in [1.165, 1.54) is 25.1 Å². The van der Waals surface area contributed by atoms with Crippen molar-refractivity contribution >= 4 is 28.8 Å².